The minimum Gasteiger partial charge on any atom is -0.0656 e. The second-order valence-corrected chi connectivity index (χ2v) is 2.29. The summed E-state index contributed by atoms with van der Waals surface area (Å²) in [6.45, 7) is 4.29. The lowest BCUT2D eigenvalue weighted by Gasteiger charge is -1.89. The van der Waals surface area contributed by atoms with E-state index in [1.165, 1.54) is 6.42 Å². The second-order valence-electron chi connectivity index (χ2n) is 1.31. The van der Waals surface area contributed by atoms with E-state index < -0.39 is 0 Å². The van der Waals surface area contributed by atoms with E-state index in [0.29, 0.717) is 5.54 Å². The molecule has 0 aromatic heterocycles. The molecule has 0 aliphatic heterocycles. The molecule has 0 N–H and O–H groups in total. The highest BCUT2D eigenvalue weighted by Crippen LogP contribution is 1.97. The Hall–Kier alpha value is 0.217. The van der Waals surface area contributed by atoms with Crippen LogP contribution in [0.2, 0.25) is 5.54 Å². The fourth-order valence-corrected chi connectivity index (χ4v) is 0. The molecular weight excluding hydrogens is 76.1 g/mol. The molecule has 0 aliphatic carbocycles. The zero-order valence-corrected chi connectivity index (χ0v) is 4.78. The molecule has 1 unspecified atom stereocenters. The molecule has 0 fully saturated rings. The lowest BCUT2D eigenvalue weighted by molar-refractivity contribution is 0.880. The van der Waals surface area contributed by atoms with Crippen LogP contribution < -0.4 is 0 Å². The molecule has 1 atom stereocenters. The van der Waals surface area contributed by atoms with Gasteiger partial charge in [0.25, 0.3) is 0 Å². The van der Waals surface area contributed by atoms with Crippen LogP contribution in [-0.4, -0.2) is 10.2 Å². The van der Waals surface area contributed by atoms with Crippen LogP contribution in [0.4, 0.5) is 0 Å². The van der Waals surface area contributed by atoms with E-state index in [0.717, 1.165) is 0 Å². The minimum absolute atomic E-state index is 0.690. The zero-order chi connectivity index (χ0) is 4.28. The second kappa shape index (κ2) is 2.45. The van der Waals surface area contributed by atoms with E-state index in [1.807, 2.05) is 0 Å². The maximum atomic E-state index is 3.42. The summed E-state index contributed by atoms with van der Waals surface area (Å²) < 4.78 is 0. The van der Waals surface area contributed by atoms with Gasteiger partial charge in [0.05, 0.1) is 0 Å². The summed E-state index contributed by atoms with van der Waals surface area (Å²) in [4.78, 5) is 0. The monoisotopic (exact) mass is 85.0 g/mol. The fraction of sp³-hybridized carbons (Fsp3) is 1.00. The topological polar surface area (TPSA) is 0 Å². The molecule has 0 aromatic rings. The Morgan fingerprint density at radius 3 is 2.00 bits per heavy atom. The summed E-state index contributed by atoms with van der Waals surface area (Å²) >= 11 is 0. The van der Waals surface area contributed by atoms with E-state index in [-0.39, 0.29) is 0 Å². The first-order chi connectivity index (χ1) is 2.27. The van der Waals surface area contributed by atoms with Gasteiger partial charge in [-0.1, -0.05) is 25.8 Å². The van der Waals surface area contributed by atoms with Gasteiger partial charge in [-0.05, 0) is 0 Å². The minimum atomic E-state index is 0.690. The molecule has 0 aromatic carbocycles. The van der Waals surface area contributed by atoms with Crippen molar-refractivity contribution in [2.24, 2.45) is 0 Å². The lowest BCUT2D eigenvalue weighted by atomic mass is 10.4. The summed E-state index contributed by atoms with van der Waals surface area (Å²) in [6, 6.07) is 0. The summed E-state index contributed by atoms with van der Waals surface area (Å²) in [5.41, 5.74) is 0.690. The van der Waals surface area contributed by atoms with E-state index in [1.54, 1.807) is 0 Å². The average molecular weight is 85.2 g/mol. The van der Waals surface area contributed by atoms with Crippen LogP contribution >= 0.6 is 0 Å². The highest BCUT2D eigenvalue weighted by Gasteiger charge is 1.80. The Balaban J connectivity index is 2.54. The van der Waals surface area contributed by atoms with Crippen molar-refractivity contribution in [3.8, 4) is 0 Å². The van der Waals surface area contributed by atoms with Gasteiger partial charge in [0.1, 0.15) is 0 Å². The first-order valence-electron chi connectivity index (χ1n) is 1.98. The smallest absolute Gasteiger partial charge is 0.0262 e. The first-order valence-corrected chi connectivity index (χ1v) is 2.56. The maximum absolute atomic E-state index is 3.42. The maximum Gasteiger partial charge on any atom is 0.0262 e. The van der Waals surface area contributed by atoms with Crippen molar-refractivity contribution >= 4 is 10.2 Å². The molecule has 5 heavy (non-hydrogen) atoms. The fourth-order valence-electron chi connectivity index (χ4n) is 0. The van der Waals surface area contributed by atoms with Crippen LogP contribution in [0, 0.1) is 0 Å². The Labute approximate surface area is 37.0 Å². The van der Waals surface area contributed by atoms with Crippen molar-refractivity contribution in [2.45, 2.75) is 25.8 Å². The van der Waals surface area contributed by atoms with E-state index in [4.69, 9.17) is 0 Å². The third-order valence-electron chi connectivity index (χ3n) is 0.612. The van der Waals surface area contributed by atoms with Crippen LogP contribution in [-0.2, 0) is 0 Å². The molecule has 0 aliphatic rings. The largest absolute Gasteiger partial charge is 0.0656 e. The zero-order valence-electron chi connectivity index (χ0n) is 3.78. The van der Waals surface area contributed by atoms with Gasteiger partial charge in [-0.3, -0.25) is 0 Å². The number of hydrogen-bond donors (Lipinski definition) is 0. The van der Waals surface area contributed by atoms with E-state index in [9.17, 15) is 0 Å². The third kappa shape index (κ3) is 4.22. The molecule has 0 heterocycles. The molecule has 0 amide bonds. The Kier molecular flexibility index (Phi) is 2.56. The van der Waals surface area contributed by atoms with E-state index in [2.05, 4.69) is 24.1 Å². The molecule has 0 saturated heterocycles. The normalized spacial score (nSPS) is 15.0. The Bertz CT molecular complexity index is 17.6. The van der Waals surface area contributed by atoms with Gasteiger partial charge < -0.3 is 0 Å². The van der Waals surface area contributed by atoms with Crippen molar-refractivity contribution < 1.29 is 0 Å². The summed E-state index contributed by atoms with van der Waals surface area (Å²) in [5, 5.41) is 0. The van der Waals surface area contributed by atoms with Crippen molar-refractivity contribution in [1.82, 2.24) is 0 Å². The van der Waals surface area contributed by atoms with Gasteiger partial charge in [-0.25, -0.2) is 0 Å². The van der Waals surface area contributed by atoms with Crippen LogP contribution in [0.15, 0.2) is 0 Å². The first kappa shape index (κ1) is 5.22. The summed E-state index contributed by atoms with van der Waals surface area (Å²) in [6.07, 6.45) is 1.22. The molecule has 29 valence electrons. The lowest BCUT2D eigenvalue weighted by Crippen LogP contribution is -1.76. The van der Waals surface area contributed by atoms with Crippen LogP contribution in [0.1, 0.15) is 20.3 Å². The Morgan fingerprint density at radius 1 is 1.80 bits per heavy atom. The van der Waals surface area contributed by atoms with Crippen LogP contribution in [0.3, 0.4) is 0 Å². The SMILES string of the molecule is CCC(C)[Si]. The Morgan fingerprint density at radius 2 is 2.00 bits per heavy atom. The number of hydrogen-bond acceptors (Lipinski definition) is 0. The molecule has 3 radical (unpaired) electrons. The predicted molar refractivity (Wildman–Crippen MR) is 25.5 cm³/mol. The van der Waals surface area contributed by atoms with Crippen LogP contribution in [0.25, 0.3) is 0 Å². The molecule has 0 spiro atoms. The highest BCUT2D eigenvalue weighted by molar-refractivity contribution is 6.11. The van der Waals surface area contributed by atoms with Gasteiger partial charge in [0.15, 0.2) is 0 Å². The van der Waals surface area contributed by atoms with Crippen LogP contribution in [0.5, 0.6) is 0 Å². The van der Waals surface area contributed by atoms with Crippen molar-refractivity contribution in [3.63, 3.8) is 0 Å². The average Bonchev–Trinajstić information content (AvgIpc) is 1.38. The quantitative estimate of drug-likeness (QED) is 0.422. The molecule has 1 heteroatoms. The predicted octanol–water partition coefficient (Wildman–Crippen LogP) is 1.37. The van der Waals surface area contributed by atoms with Crippen molar-refractivity contribution in [3.05, 3.63) is 0 Å². The number of rotatable bonds is 1. The molecule has 0 bridgehead atoms. The molecule has 0 saturated carbocycles. The van der Waals surface area contributed by atoms with Gasteiger partial charge in [0, 0.05) is 10.2 Å². The standard InChI is InChI=1S/C4H9Si/c1-3-4(2)5/h4H,3H2,1-2H3. The summed E-state index contributed by atoms with van der Waals surface area (Å²) in [5.74, 6) is 0. The molecular formula is C4H9Si. The van der Waals surface area contributed by atoms with Gasteiger partial charge in [-0.2, -0.15) is 0 Å². The van der Waals surface area contributed by atoms with Crippen molar-refractivity contribution in [2.75, 3.05) is 0 Å². The van der Waals surface area contributed by atoms with Gasteiger partial charge in [0.2, 0.25) is 0 Å². The summed E-state index contributed by atoms with van der Waals surface area (Å²) in [7, 11) is 3.42. The van der Waals surface area contributed by atoms with Gasteiger partial charge >= 0.3 is 0 Å². The molecule has 0 nitrogen and oxygen atoms in total. The van der Waals surface area contributed by atoms with Gasteiger partial charge in [-0.15, -0.1) is 0 Å². The third-order valence-corrected chi connectivity index (χ3v) is 1.02. The van der Waals surface area contributed by atoms with Crippen molar-refractivity contribution in [1.29, 1.82) is 0 Å². The highest BCUT2D eigenvalue weighted by atomic mass is 28.1. The van der Waals surface area contributed by atoms with E-state index >= 15 is 0 Å². The molecule has 0 rings (SSSR count).